The van der Waals surface area contributed by atoms with E-state index >= 15 is 0 Å². The van der Waals surface area contributed by atoms with Crippen molar-refractivity contribution in [1.29, 1.82) is 0 Å². The molecule has 0 aliphatic heterocycles. The summed E-state index contributed by atoms with van der Waals surface area (Å²) in [6, 6.07) is 0. The molecule has 0 unspecified atom stereocenters. The molecule has 0 saturated carbocycles. The van der Waals surface area contributed by atoms with E-state index in [-0.39, 0.29) is 13.2 Å². The summed E-state index contributed by atoms with van der Waals surface area (Å²) in [5.74, 6) is 1.26. The molecule has 8 nitrogen and oxygen atoms in total. The molecule has 0 aromatic carbocycles. The fraction of sp³-hybridized carbons (Fsp3) is 0.556. The summed E-state index contributed by atoms with van der Waals surface area (Å²) in [5, 5.41) is 8.56. The molecule has 19 heavy (non-hydrogen) atoms. The number of aromatic nitrogens is 2. The standard InChI is InChI=1S/C9H15N3O5S2/c13-3-1-4-18-5-2-11-19(16,17)7-6-10-9(15)12-8(7)14/h6,11,13H,1-5H2,(H2,10,12,14,15). The lowest BCUT2D eigenvalue weighted by Crippen LogP contribution is -2.34. The molecule has 0 aliphatic rings. The minimum atomic E-state index is -3.93. The lowest BCUT2D eigenvalue weighted by molar-refractivity contribution is 0.296. The Kier molecular flexibility index (Phi) is 6.28. The highest BCUT2D eigenvalue weighted by Crippen LogP contribution is 2.02. The van der Waals surface area contributed by atoms with E-state index in [0.717, 1.165) is 11.9 Å². The van der Waals surface area contributed by atoms with Crippen LogP contribution < -0.4 is 16.0 Å². The van der Waals surface area contributed by atoms with Crippen LogP contribution in [0.3, 0.4) is 0 Å². The highest BCUT2D eigenvalue weighted by Gasteiger charge is 2.17. The molecule has 1 heterocycles. The normalized spacial score (nSPS) is 11.6. The number of aliphatic hydroxyl groups is 1. The zero-order chi connectivity index (χ0) is 14.3. The van der Waals surface area contributed by atoms with E-state index in [4.69, 9.17) is 5.11 Å². The summed E-state index contributed by atoms with van der Waals surface area (Å²) in [7, 11) is -3.93. The van der Waals surface area contributed by atoms with Crippen LogP contribution in [0.1, 0.15) is 6.42 Å². The number of thioether (sulfide) groups is 1. The molecule has 0 saturated heterocycles. The third kappa shape index (κ3) is 5.19. The van der Waals surface area contributed by atoms with Gasteiger partial charge in [0.25, 0.3) is 5.56 Å². The summed E-state index contributed by atoms with van der Waals surface area (Å²) >= 11 is 1.49. The maximum absolute atomic E-state index is 11.8. The number of aliphatic hydroxyl groups excluding tert-OH is 1. The first-order valence-corrected chi connectivity index (χ1v) is 8.11. The Bertz CT molecular complexity index is 607. The van der Waals surface area contributed by atoms with Crippen LogP contribution in [0.15, 0.2) is 20.7 Å². The summed E-state index contributed by atoms with van der Waals surface area (Å²) in [4.78, 5) is 25.5. The predicted octanol–water partition coefficient (Wildman–Crippen LogP) is -1.54. The molecule has 108 valence electrons. The first-order chi connectivity index (χ1) is 8.97. The van der Waals surface area contributed by atoms with Gasteiger partial charge in [-0.25, -0.2) is 17.9 Å². The Hall–Kier alpha value is -1.10. The van der Waals surface area contributed by atoms with Crippen LogP contribution >= 0.6 is 11.8 Å². The molecule has 0 bridgehead atoms. The van der Waals surface area contributed by atoms with Crippen molar-refractivity contribution in [2.45, 2.75) is 11.3 Å². The van der Waals surface area contributed by atoms with Gasteiger partial charge in [0, 0.05) is 25.1 Å². The zero-order valence-electron chi connectivity index (χ0n) is 10.0. The second-order valence-corrected chi connectivity index (χ2v) is 6.48. The highest BCUT2D eigenvalue weighted by molar-refractivity contribution is 7.99. The average Bonchev–Trinajstić information content (AvgIpc) is 2.33. The predicted molar refractivity (Wildman–Crippen MR) is 71.9 cm³/mol. The van der Waals surface area contributed by atoms with Gasteiger partial charge in [-0.2, -0.15) is 11.8 Å². The maximum Gasteiger partial charge on any atom is 0.325 e. The van der Waals surface area contributed by atoms with Gasteiger partial charge in [-0.05, 0) is 12.2 Å². The van der Waals surface area contributed by atoms with Gasteiger partial charge in [-0.1, -0.05) is 0 Å². The molecule has 0 atom stereocenters. The van der Waals surface area contributed by atoms with Gasteiger partial charge in [0.05, 0.1) is 0 Å². The molecule has 10 heteroatoms. The SMILES string of the molecule is O=c1[nH]cc(S(=O)(=O)NCCSCCCO)c(=O)[nH]1. The number of H-pyrrole nitrogens is 2. The molecule has 1 aromatic heterocycles. The molecular weight excluding hydrogens is 294 g/mol. The lowest BCUT2D eigenvalue weighted by atomic mass is 10.5. The van der Waals surface area contributed by atoms with Crippen molar-refractivity contribution < 1.29 is 13.5 Å². The number of hydrogen-bond acceptors (Lipinski definition) is 6. The minimum Gasteiger partial charge on any atom is -0.396 e. The van der Waals surface area contributed by atoms with E-state index in [1.165, 1.54) is 11.8 Å². The summed E-state index contributed by atoms with van der Waals surface area (Å²) < 4.78 is 25.8. The molecule has 0 spiro atoms. The number of aromatic amines is 2. The fourth-order valence-electron chi connectivity index (χ4n) is 1.19. The van der Waals surface area contributed by atoms with Gasteiger partial charge in [0.1, 0.15) is 0 Å². The second kappa shape index (κ2) is 7.48. The average molecular weight is 309 g/mol. The Morgan fingerprint density at radius 2 is 2.05 bits per heavy atom. The largest absolute Gasteiger partial charge is 0.396 e. The van der Waals surface area contributed by atoms with Crippen molar-refractivity contribution in [3.05, 3.63) is 27.0 Å². The molecule has 0 aliphatic carbocycles. The van der Waals surface area contributed by atoms with E-state index in [0.29, 0.717) is 12.2 Å². The van der Waals surface area contributed by atoms with Crippen LogP contribution in [-0.4, -0.2) is 48.1 Å². The van der Waals surface area contributed by atoms with Crippen molar-refractivity contribution in [3.8, 4) is 0 Å². The van der Waals surface area contributed by atoms with Crippen molar-refractivity contribution in [3.63, 3.8) is 0 Å². The zero-order valence-corrected chi connectivity index (χ0v) is 11.6. The molecule has 4 N–H and O–H groups in total. The molecule has 0 fully saturated rings. The van der Waals surface area contributed by atoms with Crippen LogP contribution in [0, 0.1) is 0 Å². The smallest absolute Gasteiger partial charge is 0.325 e. The quantitative estimate of drug-likeness (QED) is 0.430. The fourth-order valence-corrected chi connectivity index (χ4v) is 3.14. The van der Waals surface area contributed by atoms with Crippen molar-refractivity contribution in [2.75, 3.05) is 24.7 Å². The van der Waals surface area contributed by atoms with E-state index in [9.17, 15) is 18.0 Å². The molecule has 1 rings (SSSR count). The third-order valence-corrected chi connectivity index (χ3v) is 4.60. The molecule has 0 amide bonds. The van der Waals surface area contributed by atoms with Crippen molar-refractivity contribution in [1.82, 2.24) is 14.7 Å². The van der Waals surface area contributed by atoms with E-state index in [1.54, 1.807) is 0 Å². The number of rotatable bonds is 8. The first kappa shape index (κ1) is 16.0. The van der Waals surface area contributed by atoms with Gasteiger partial charge in [0.15, 0.2) is 4.90 Å². The van der Waals surface area contributed by atoms with Gasteiger partial charge >= 0.3 is 5.69 Å². The highest BCUT2D eigenvalue weighted by atomic mass is 32.2. The van der Waals surface area contributed by atoms with Crippen LogP contribution in [-0.2, 0) is 10.0 Å². The third-order valence-electron chi connectivity index (χ3n) is 2.06. The topological polar surface area (TPSA) is 132 Å². The van der Waals surface area contributed by atoms with Gasteiger partial charge in [-0.3, -0.25) is 9.78 Å². The Morgan fingerprint density at radius 1 is 1.32 bits per heavy atom. The second-order valence-electron chi connectivity index (χ2n) is 3.52. The van der Waals surface area contributed by atoms with Crippen molar-refractivity contribution >= 4 is 21.8 Å². The number of sulfonamides is 1. The monoisotopic (exact) mass is 309 g/mol. The van der Waals surface area contributed by atoms with Crippen LogP contribution in [0.25, 0.3) is 0 Å². The summed E-state index contributed by atoms with van der Waals surface area (Å²) in [5.41, 5.74) is -1.72. The number of hydrogen-bond donors (Lipinski definition) is 4. The van der Waals surface area contributed by atoms with Crippen LogP contribution in [0.5, 0.6) is 0 Å². The summed E-state index contributed by atoms with van der Waals surface area (Å²) in [6.45, 7) is 0.266. The minimum absolute atomic E-state index is 0.103. The lowest BCUT2D eigenvalue weighted by Gasteiger charge is -2.05. The number of nitrogens with one attached hydrogen (secondary N) is 3. The van der Waals surface area contributed by atoms with E-state index < -0.39 is 26.2 Å². The molecule has 1 aromatic rings. The van der Waals surface area contributed by atoms with Crippen molar-refractivity contribution in [2.24, 2.45) is 0 Å². The first-order valence-electron chi connectivity index (χ1n) is 5.47. The Labute approximate surface area is 113 Å². The van der Waals surface area contributed by atoms with E-state index in [1.807, 2.05) is 4.98 Å². The van der Waals surface area contributed by atoms with Crippen LogP contribution in [0.4, 0.5) is 0 Å². The van der Waals surface area contributed by atoms with Gasteiger partial charge in [0.2, 0.25) is 10.0 Å². The molecule has 0 radical (unpaired) electrons. The Morgan fingerprint density at radius 3 is 2.68 bits per heavy atom. The van der Waals surface area contributed by atoms with Gasteiger partial charge in [-0.15, -0.1) is 0 Å². The van der Waals surface area contributed by atoms with Crippen LogP contribution in [0.2, 0.25) is 0 Å². The van der Waals surface area contributed by atoms with E-state index in [2.05, 4.69) is 9.71 Å². The van der Waals surface area contributed by atoms with Gasteiger partial charge < -0.3 is 10.1 Å². The molecular formula is C9H15N3O5S2. The summed E-state index contributed by atoms with van der Waals surface area (Å²) in [6.07, 6.45) is 1.51. The Balaban J connectivity index is 2.57. The maximum atomic E-state index is 11.8.